The van der Waals surface area contributed by atoms with Gasteiger partial charge in [0.05, 0.1) is 16.6 Å². The molecule has 1 aliphatic heterocycles. The van der Waals surface area contributed by atoms with Crippen LogP contribution in [0.5, 0.6) is 5.19 Å². The summed E-state index contributed by atoms with van der Waals surface area (Å²) in [4.78, 5) is 19.0. The first kappa shape index (κ1) is 19.8. The van der Waals surface area contributed by atoms with Crippen molar-refractivity contribution in [2.75, 3.05) is 13.1 Å². The van der Waals surface area contributed by atoms with E-state index in [-0.39, 0.29) is 17.8 Å². The Balaban J connectivity index is 1.29. The van der Waals surface area contributed by atoms with Crippen molar-refractivity contribution in [3.8, 4) is 5.19 Å². The number of halogens is 1. The van der Waals surface area contributed by atoms with Gasteiger partial charge in [0, 0.05) is 25.9 Å². The number of fused-ring (bicyclic) bond motifs is 1. The molecule has 0 N–H and O–H groups in total. The van der Waals surface area contributed by atoms with E-state index in [1.54, 1.807) is 6.07 Å². The highest BCUT2D eigenvalue weighted by Crippen LogP contribution is 2.30. The molecule has 2 aromatic carbocycles. The van der Waals surface area contributed by atoms with Gasteiger partial charge in [0.2, 0.25) is 5.91 Å². The molecule has 29 heavy (non-hydrogen) atoms. The molecule has 4 rings (SSSR count). The molecule has 0 radical (unpaired) electrons. The predicted molar refractivity (Wildman–Crippen MR) is 114 cm³/mol. The Bertz CT molecular complexity index is 992. The molecule has 152 valence electrons. The molecule has 1 fully saturated rings. The van der Waals surface area contributed by atoms with Crippen LogP contribution in [0.2, 0.25) is 0 Å². The zero-order valence-corrected chi connectivity index (χ0v) is 17.5. The maximum atomic E-state index is 13.3. The van der Waals surface area contributed by atoms with Crippen LogP contribution in [0.3, 0.4) is 0 Å². The van der Waals surface area contributed by atoms with Gasteiger partial charge in [-0.3, -0.25) is 4.79 Å². The number of nitrogens with zero attached hydrogens (tertiary/aromatic N) is 2. The van der Waals surface area contributed by atoms with Crippen molar-refractivity contribution in [1.82, 2.24) is 9.88 Å². The summed E-state index contributed by atoms with van der Waals surface area (Å²) in [6, 6.07) is 12.9. The molecule has 4 nitrogen and oxygen atoms in total. The number of ether oxygens (including phenoxy) is 1. The minimum atomic E-state index is -0.265. The highest BCUT2D eigenvalue weighted by Gasteiger charge is 2.25. The molecule has 1 aromatic heterocycles. The van der Waals surface area contributed by atoms with Gasteiger partial charge in [-0.15, -0.1) is 0 Å². The minimum Gasteiger partial charge on any atom is -0.467 e. The van der Waals surface area contributed by atoms with E-state index in [1.165, 1.54) is 29.0 Å². The summed E-state index contributed by atoms with van der Waals surface area (Å²) in [6.45, 7) is 5.71. The fourth-order valence-corrected chi connectivity index (χ4v) is 4.51. The molecule has 1 saturated heterocycles. The second kappa shape index (κ2) is 8.49. The van der Waals surface area contributed by atoms with Crippen LogP contribution in [-0.2, 0) is 11.2 Å². The molecule has 0 aliphatic carbocycles. The zero-order valence-electron chi connectivity index (χ0n) is 16.7. The van der Waals surface area contributed by atoms with Crippen molar-refractivity contribution in [2.45, 2.75) is 45.1 Å². The monoisotopic (exact) mass is 412 g/mol. The van der Waals surface area contributed by atoms with E-state index < -0.39 is 0 Å². The lowest BCUT2D eigenvalue weighted by molar-refractivity contribution is -0.132. The Kier molecular flexibility index (Phi) is 5.81. The number of thiazole rings is 1. The van der Waals surface area contributed by atoms with Crippen LogP contribution in [-0.4, -0.2) is 35.0 Å². The van der Waals surface area contributed by atoms with E-state index in [2.05, 4.69) is 43.1 Å². The third-order valence-electron chi connectivity index (χ3n) is 5.39. The number of piperidine rings is 1. The van der Waals surface area contributed by atoms with Gasteiger partial charge in [0.1, 0.15) is 11.9 Å². The highest BCUT2D eigenvalue weighted by atomic mass is 32.1. The van der Waals surface area contributed by atoms with Crippen LogP contribution in [0.25, 0.3) is 10.2 Å². The number of carbonyl (C=O) groups excluding carboxylic acids is 1. The molecule has 6 heteroatoms. The quantitative estimate of drug-likeness (QED) is 0.580. The summed E-state index contributed by atoms with van der Waals surface area (Å²) < 4.78 is 20.1. The van der Waals surface area contributed by atoms with E-state index in [4.69, 9.17) is 4.74 Å². The van der Waals surface area contributed by atoms with Crippen molar-refractivity contribution in [3.05, 3.63) is 59.4 Å². The minimum absolute atomic E-state index is 0.0368. The Morgan fingerprint density at radius 3 is 2.62 bits per heavy atom. The van der Waals surface area contributed by atoms with Gasteiger partial charge in [0.25, 0.3) is 5.19 Å². The summed E-state index contributed by atoms with van der Waals surface area (Å²) in [5.74, 6) is 0.391. The number of aromatic nitrogens is 1. The maximum absolute atomic E-state index is 13.3. The predicted octanol–water partition coefficient (Wildman–Crippen LogP) is 5.17. The van der Waals surface area contributed by atoms with Crippen LogP contribution >= 0.6 is 11.3 Å². The number of hydrogen-bond donors (Lipinski definition) is 0. The molecule has 0 bridgehead atoms. The van der Waals surface area contributed by atoms with Crippen molar-refractivity contribution in [1.29, 1.82) is 0 Å². The van der Waals surface area contributed by atoms with Crippen molar-refractivity contribution < 1.29 is 13.9 Å². The molecule has 3 aromatic rings. The molecular weight excluding hydrogens is 387 g/mol. The fourth-order valence-electron chi connectivity index (χ4n) is 3.60. The lowest BCUT2D eigenvalue weighted by Gasteiger charge is -2.31. The zero-order chi connectivity index (χ0) is 20.4. The molecule has 1 amide bonds. The van der Waals surface area contributed by atoms with Gasteiger partial charge < -0.3 is 9.64 Å². The van der Waals surface area contributed by atoms with Crippen LogP contribution in [0.15, 0.2) is 42.5 Å². The topological polar surface area (TPSA) is 42.4 Å². The van der Waals surface area contributed by atoms with Gasteiger partial charge in [-0.2, -0.15) is 0 Å². The first-order valence-corrected chi connectivity index (χ1v) is 10.9. The van der Waals surface area contributed by atoms with Gasteiger partial charge in [0.15, 0.2) is 0 Å². The normalized spacial score (nSPS) is 15.2. The van der Waals surface area contributed by atoms with Gasteiger partial charge in [-0.1, -0.05) is 49.4 Å². The summed E-state index contributed by atoms with van der Waals surface area (Å²) in [6.07, 6.45) is 2.03. The molecule has 0 atom stereocenters. The Labute approximate surface area is 174 Å². The first-order chi connectivity index (χ1) is 14.0. The maximum Gasteiger partial charge on any atom is 0.274 e. The standard InChI is InChI=1S/C23H25FN2O2S/c1-15(2)17-5-3-16(4-6-17)13-22(27)26-11-9-19(10-12-26)28-23-25-20-8-7-18(24)14-21(20)29-23/h3-8,14-15,19H,9-13H2,1-2H3. The van der Waals surface area contributed by atoms with Gasteiger partial charge in [-0.25, -0.2) is 9.37 Å². The number of likely N-dealkylation sites (tertiary alicyclic amines) is 1. The molecular formula is C23H25FN2O2S. The fraction of sp³-hybridized carbons (Fsp3) is 0.391. The van der Waals surface area contributed by atoms with Gasteiger partial charge >= 0.3 is 0 Å². The lowest BCUT2D eigenvalue weighted by Crippen LogP contribution is -2.42. The molecule has 1 aliphatic rings. The third kappa shape index (κ3) is 4.75. The summed E-state index contributed by atoms with van der Waals surface area (Å²) >= 11 is 1.36. The Morgan fingerprint density at radius 2 is 1.93 bits per heavy atom. The van der Waals surface area contributed by atoms with E-state index in [9.17, 15) is 9.18 Å². The summed E-state index contributed by atoms with van der Waals surface area (Å²) in [5, 5.41) is 0.570. The average Bonchev–Trinajstić information content (AvgIpc) is 3.10. The number of rotatable bonds is 5. The van der Waals surface area contributed by atoms with Crippen molar-refractivity contribution in [2.24, 2.45) is 0 Å². The molecule has 0 saturated carbocycles. The number of benzene rings is 2. The van der Waals surface area contributed by atoms with E-state index in [1.807, 2.05) is 4.90 Å². The third-order valence-corrected chi connectivity index (χ3v) is 6.30. The van der Waals surface area contributed by atoms with E-state index in [0.29, 0.717) is 30.6 Å². The SMILES string of the molecule is CC(C)c1ccc(CC(=O)N2CCC(Oc3nc4ccc(F)cc4s3)CC2)cc1. The number of carbonyl (C=O) groups is 1. The van der Waals surface area contributed by atoms with E-state index >= 15 is 0 Å². The van der Waals surface area contributed by atoms with E-state index in [0.717, 1.165) is 28.6 Å². The van der Waals surface area contributed by atoms with Crippen LogP contribution < -0.4 is 4.74 Å². The van der Waals surface area contributed by atoms with Crippen molar-refractivity contribution >= 4 is 27.5 Å². The first-order valence-electron chi connectivity index (χ1n) is 10.1. The average molecular weight is 413 g/mol. The summed E-state index contributed by atoms with van der Waals surface area (Å²) in [5.41, 5.74) is 3.10. The van der Waals surface area contributed by atoms with Gasteiger partial charge in [-0.05, 0) is 35.2 Å². The van der Waals surface area contributed by atoms with Crippen LogP contribution in [0.1, 0.15) is 43.7 Å². The Morgan fingerprint density at radius 1 is 1.21 bits per heavy atom. The largest absolute Gasteiger partial charge is 0.467 e. The lowest BCUT2D eigenvalue weighted by atomic mass is 10.0. The smallest absolute Gasteiger partial charge is 0.274 e. The summed E-state index contributed by atoms with van der Waals surface area (Å²) in [7, 11) is 0. The second-order valence-corrected chi connectivity index (χ2v) is 8.86. The Hall–Kier alpha value is -2.47. The van der Waals surface area contributed by atoms with Crippen molar-refractivity contribution in [3.63, 3.8) is 0 Å². The molecule has 0 spiro atoms. The van der Waals surface area contributed by atoms with Crippen LogP contribution in [0.4, 0.5) is 4.39 Å². The second-order valence-electron chi connectivity index (χ2n) is 7.86. The number of amides is 1. The molecule has 0 unspecified atom stereocenters. The molecule has 2 heterocycles. The van der Waals surface area contributed by atoms with Crippen LogP contribution in [0, 0.1) is 5.82 Å². The number of hydrogen-bond acceptors (Lipinski definition) is 4. The highest BCUT2D eigenvalue weighted by molar-refractivity contribution is 7.20.